The molecule has 6 aromatic heterocycles. The van der Waals surface area contributed by atoms with E-state index >= 15 is 0 Å². The van der Waals surface area contributed by atoms with Crippen LogP contribution in [-0.4, -0.2) is 120 Å². The van der Waals surface area contributed by atoms with Crippen LogP contribution in [0, 0.1) is 55.4 Å². The van der Waals surface area contributed by atoms with Gasteiger partial charge in [0, 0.05) is 22.8 Å². The smallest absolute Gasteiger partial charge is 0.741 e. The van der Waals surface area contributed by atoms with E-state index in [1.165, 1.54) is 14.2 Å². The van der Waals surface area contributed by atoms with Crippen LogP contribution in [0.2, 0.25) is 0 Å². The second-order valence-corrected chi connectivity index (χ2v) is 14.7. The summed E-state index contributed by atoms with van der Waals surface area (Å²) in [4.78, 5) is 26.0. The Bertz CT molecular complexity index is 2380. The predicted octanol–water partition coefficient (Wildman–Crippen LogP) is 3.07. The van der Waals surface area contributed by atoms with Gasteiger partial charge in [-0.3, -0.25) is 0 Å². The van der Waals surface area contributed by atoms with Crippen molar-refractivity contribution in [2.75, 3.05) is 14.2 Å². The van der Waals surface area contributed by atoms with Gasteiger partial charge < -0.3 is 18.6 Å². The summed E-state index contributed by atoms with van der Waals surface area (Å²) in [6, 6.07) is 8.27. The molecule has 0 bridgehead atoms. The number of hydrogen-bond donors (Lipinski definition) is 0. The van der Waals surface area contributed by atoms with E-state index in [1.54, 1.807) is 18.7 Å². The standard InChI is InChI=1S/2C14H17N7O.2CHF3O3S.2Ag/c2*1-8-6-10(3)20(18-8)12-15-13(17-14(16-12)22-5)21-11(4)7-9(2)19-21;2*2-1(3,4)8(5,6)7;;/h2*6-7H,1-5H3;2*(H,5,6,7);;/q;;;;2*+1/p-2. The normalized spacial score (nSPS) is 11.4. The van der Waals surface area contributed by atoms with Crippen molar-refractivity contribution in [1.82, 2.24) is 69.0 Å². The fraction of sp³-hybridized carbons (Fsp3) is 0.400. The van der Waals surface area contributed by atoms with Crippen LogP contribution in [0.25, 0.3) is 23.8 Å². The second-order valence-electron chi connectivity index (χ2n) is 12.0. The summed E-state index contributed by atoms with van der Waals surface area (Å²) in [7, 11) is -9.14. The first-order valence-corrected chi connectivity index (χ1v) is 19.1. The topological polar surface area (TPSA) is 281 Å². The van der Waals surface area contributed by atoms with E-state index in [2.05, 4.69) is 50.3 Å². The first kappa shape index (κ1) is 55.4. The van der Waals surface area contributed by atoms with Crippen molar-refractivity contribution >= 4 is 20.2 Å². The van der Waals surface area contributed by atoms with E-state index in [9.17, 15) is 26.3 Å². The Labute approximate surface area is 380 Å². The van der Waals surface area contributed by atoms with Crippen LogP contribution in [0.3, 0.4) is 0 Å². The van der Waals surface area contributed by atoms with Crippen LogP contribution in [-0.2, 0) is 65.0 Å². The Morgan fingerprint density at radius 1 is 0.452 bits per heavy atom. The summed E-state index contributed by atoms with van der Waals surface area (Å²) < 4.78 is 135. The van der Waals surface area contributed by atoms with Crippen LogP contribution in [0.4, 0.5) is 26.3 Å². The monoisotopic (exact) mass is 1110 g/mol. The number of halogens is 6. The summed E-state index contributed by atoms with van der Waals surface area (Å²) in [5.74, 6) is 1.61. The number of alkyl halides is 6. The average Bonchev–Trinajstić information content (AvgIpc) is 3.86. The van der Waals surface area contributed by atoms with Gasteiger partial charge in [0.2, 0.25) is 0 Å². The maximum Gasteiger partial charge on any atom is 1.00 e. The molecule has 0 aliphatic heterocycles. The first-order valence-electron chi connectivity index (χ1n) is 16.2. The van der Waals surface area contributed by atoms with Gasteiger partial charge in [-0.1, -0.05) is 0 Å². The molecule has 22 nitrogen and oxygen atoms in total. The molecule has 0 aliphatic carbocycles. The Morgan fingerprint density at radius 3 is 0.742 bits per heavy atom. The van der Waals surface area contributed by atoms with E-state index in [4.69, 9.17) is 35.4 Å². The van der Waals surface area contributed by atoms with E-state index in [0.29, 0.717) is 23.8 Å². The Balaban J connectivity index is 0.000000452. The molecule has 0 saturated carbocycles. The molecule has 0 N–H and O–H groups in total. The van der Waals surface area contributed by atoms with Gasteiger partial charge in [-0.2, -0.15) is 76.6 Å². The minimum absolute atomic E-state index is 0. The molecule has 0 aliphatic rings. The van der Waals surface area contributed by atoms with Gasteiger partial charge in [-0.05, 0) is 79.7 Å². The summed E-state index contributed by atoms with van der Waals surface area (Å²) >= 11 is 0. The molecule has 0 radical (unpaired) electrons. The Kier molecular flexibility index (Phi) is 19.3. The molecule has 0 fully saturated rings. The van der Waals surface area contributed by atoms with Gasteiger partial charge in [0.25, 0.3) is 23.8 Å². The quantitative estimate of drug-likeness (QED) is 0.100. The molecule has 0 aromatic carbocycles. The zero-order valence-electron chi connectivity index (χ0n) is 33.5. The van der Waals surface area contributed by atoms with E-state index in [0.717, 1.165) is 45.6 Å². The van der Waals surface area contributed by atoms with E-state index in [-0.39, 0.29) is 56.8 Å². The van der Waals surface area contributed by atoms with Gasteiger partial charge in [0.1, 0.15) is 0 Å². The molecule has 348 valence electrons. The summed E-state index contributed by atoms with van der Waals surface area (Å²) in [6.07, 6.45) is 0. The van der Waals surface area contributed by atoms with Crippen molar-refractivity contribution in [1.29, 1.82) is 0 Å². The Hall–Kier alpha value is -4.66. The molecule has 6 rings (SSSR count). The number of aryl methyl sites for hydroxylation is 8. The molecule has 6 aromatic rings. The van der Waals surface area contributed by atoms with Crippen LogP contribution in [0.15, 0.2) is 24.3 Å². The van der Waals surface area contributed by atoms with Crippen LogP contribution >= 0.6 is 0 Å². The fourth-order valence-corrected chi connectivity index (χ4v) is 4.56. The van der Waals surface area contributed by atoms with E-state index < -0.39 is 31.3 Å². The summed E-state index contributed by atoms with van der Waals surface area (Å²) in [6.45, 7) is 15.5. The van der Waals surface area contributed by atoms with Gasteiger partial charge >= 0.3 is 67.8 Å². The molecule has 6 heterocycles. The van der Waals surface area contributed by atoms with Gasteiger partial charge in [0.15, 0.2) is 20.2 Å². The van der Waals surface area contributed by atoms with E-state index in [1.807, 2.05) is 79.7 Å². The number of methoxy groups -OCH3 is 2. The van der Waals surface area contributed by atoms with Gasteiger partial charge in [-0.15, -0.1) is 0 Å². The minimum atomic E-state index is -6.09. The number of aromatic nitrogens is 14. The second kappa shape index (κ2) is 21.6. The third-order valence-corrected chi connectivity index (χ3v) is 8.04. The molecule has 0 atom stereocenters. The molecule has 0 saturated heterocycles. The van der Waals surface area contributed by atoms with Crippen molar-refractivity contribution in [2.24, 2.45) is 0 Å². The van der Waals surface area contributed by atoms with Gasteiger partial charge in [0.05, 0.1) is 37.0 Å². The average molecular weight is 1110 g/mol. The zero-order valence-corrected chi connectivity index (χ0v) is 38.1. The molecule has 62 heavy (non-hydrogen) atoms. The molecule has 32 heteroatoms. The zero-order chi connectivity index (χ0) is 45.7. The largest absolute Gasteiger partial charge is 1.00 e. The number of nitrogens with zero attached hydrogens (tertiary/aromatic N) is 14. The molecule has 0 unspecified atom stereocenters. The SMILES string of the molecule is COc1nc(-n2nc(C)cc2C)nc(-n2nc(C)cc2C)n1.COc1nc(-n2nc(C)cc2C)nc(-n2nc(C)cc2C)n1.O=S(=O)([O-])C(F)(F)F.O=S(=O)([O-])C(F)(F)F.[Ag+].[Ag+]. The number of rotatable bonds is 6. The molecule has 0 amide bonds. The third kappa shape index (κ3) is 14.7. The number of ether oxygens (including phenoxy) is 2. The van der Waals surface area contributed by atoms with Crippen molar-refractivity contribution in [2.45, 2.75) is 66.4 Å². The molecule has 0 spiro atoms. The minimum Gasteiger partial charge on any atom is -0.741 e. The number of hydrogen-bond acceptors (Lipinski definition) is 18. The Morgan fingerprint density at radius 2 is 0.629 bits per heavy atom. The van der Waals surface area contributed by atoms with Crippen LogP contribution < -0.4 is 9.47 Å². The summed E-state index contributed by atoms with van der Waals surface area (Å²) in [5, 5.41) is 17.6. The summed E-state index contributed by atoms with van der Waals surface area (Å²) in [5.41, 5.74) is -3.98. The molecular weight excluding hydrogens is 1080 g/mol. The van der Waals surface area contributed by atoms with Crippen LogP contribution in [0.5, 0.6) is 12.0 Å². The van der Waals surface area contributed by atoms with Crippen LogP contribution in [0.1, 0.15) is 45.6 Å². The predicted molar refractivity (Wildman–Crippen MR) is 191 cm³/mol. The fourth-order valence-electron chi connectivity index (χ4n) is 4.56. The van der Waals surface area contributed by atoms with Gasteiger partial charge in [-0.25, -0.2) is 35.6 Å². The maximum absolute atomic E-state index is 10.7. The first-order chi connectivity index (χ1) is 27.4. The molecular formula is C30H34Ag2F6N14O8S2. The van der Waals surface area contributed by atoms with Crippen molar-refractivity contribution < 1.29 is 107 Å². The van der Waals surface area contributed by atoms with Crippen molar-refractivity contribution in [3.63, 3.8) is 0 Å². The maximum atomic E-state index is 10.7. The third-order valence-electron chi connectivity index (χ3n) is 6.91. The van der Waals surface area contributed by atoms with Crippen molar-refractivity contribution in [3.05, 3.63) is 69.8 Å². The van der Waals surface area contributed by atoms with Crippen molar-refractivity contribution in [3.8, 4) is 35.8 Å².